The van der Waals surface area contributed by atoms with Crippen LogP contribution in [0.15, 0.2) is 24.4 Å². The number of benzene rings is 1. The van der Waals surface area contributed by atoms with Gasteiger partial charge in [0.15, 0.2) is 0 Å². The van der Waals surface area contributed by atoms with Crippen molar-refractivity contribution in [3.8, 4) is 0 Å². The van der Waals surface area contributed by atoms with E-state index >= 15 is 0 Å². The molecular weight excluding hydrogens is 290 g/mol. The van der Waals surface area contributed by atoms with E-state index in [2.05, 4.69) is 34.5 Å². The van der Waals surface area contributed by atoms with Crippen molar-refractivity contribution < 1.29 is 9.53 Å². The zero-order valence-electron chi connectivity index (χ0n) is 14.1. The molecule has 2 aliphatic heterocycles. The summed E-state index contributed by atoms with van der Waals surface area (Å²) in [5.74, 6) is 0. The molecule has 23 heavy (non-hydrogen) atoms. The van der Waals surface area contributed by atoms with Gasteiger partial charge in [0.1, 0.15) is 5.60 Å². The number of carbonyl (C=O) groups excluding carboxylic acids is 1. The van der Waals surface area contributed by atoms with Crippen molar-refractivity contribution in [2.24, 2.45) is 0 Å². The van der Waals surface area contributed by atoms with E-state index in [4.69, 9.17) is 4.74 Å². The smallest absolute Gasteiger partial charge is 0.410 e. The van der Waals surface area contributed by atoms with Gasteiger partial charge in [0, 0.05) is 44.0 Å². The molecule has 0 saturated carbocycles. The second kappa shape index (κ2) is 6.14. The molecular formula is C18H25N3O2. The summed E-state index contributed by atoms with van der Waals surface area (Å²) < 4.78 is 5.46. The van der Waals surface area contributed by atoms with Gasteiger partial charge in [-0.3, -0.25) is 0 Å². The molecule has 2 heterocycles. The van der Waals surface area contributed by atoms with Crippen LogP contribution in [0.4, 0.5) is 10.5 Å². The molecule has 0 radical (unpaired) electrons. The second-order valence-electron chi connectivity index (χ2n) is 7.02. The van der Waals surface area contributed by atoms with Gasteiger partial charge >= 0.3 is 6.09 Å². The summed E-state index contributed by atoms with van der Waals surface area (Å²) in [6.45, 7) is 9.62. The third-order valence-corrected chi connectivity index (χ3v) is 4.11. The quantitative estimate of drug-likeness (QED) is 0.865. The average molecular weight is 315 g/mol. The van der Waals surface area contributed by atoms with Gasteiger partial charge in [0.25, 0.3) is 0 Å². The Bertz CT molecular complexity index is 611. The van der Waals surface area contributed by atoms with E-state index in [0.717, 1.165) is 19.6 Å². The van der Waals surface area contributed by atoms with Gasteiger partial charge < -0.3 is 19.9 Å². The summed E-state index contributed by atoms with van der Waals surface area (Å²) in [7, 11) is 0. The van der Waals surface area contributed by atoms with Crippen LogP contribution in [0.5, 0.6) is 0 Å². The number of carbonyl (C=O) groups is 1. The Balaban J connectivity index is 1.66. The van der Waals surface area contributed by atoms with Crippen LogP contribution in [0.3, 0.4) is 0 Å². The van der Waals surface area contributed by atoms with Crippen molar-refractivity contribution in [3.63, 3.8) is 0 Å². The van der Waals surface area contributed by atoms with E-state index in [9.17, 15) is 4.79 Å². The van der Waals surface area contributed by atoms with E-state index in [1.54, 1.807) is 4.90 Å². The van der Waals surface area contributed by atoms with Crippen LogP contribution in [0.1, 0.15) is 31.9 Å². The zero-order chi connectivity index (χ0) is 16.4. The SMILES string of the molecule is CC(C)(C)OC(=O)N1CCN(c2cccc3c2C=CNC3)CC1. The highest BCUT2D eigenvalue weighted by atomic mass is 16.6. The first-order chi connectivity index (χ1) is 10.9. The molecule has 1 aromatic rings. The number of rotatable bonds is 1. The summed E-state index contributed by atoms with van der Waals surface area (Å²) in [6, 6.07) is 6.43. The third kappa shape index (κ3) is 3.60. The summed E-state index contributed by atoms with van der Waals surface area (Å²) in [5, 5.41) is 3.25. The van der Waals surface area contributed by atoms with E-state index in [1.807, 2.05) is 27.0 Å². The first kappa shape index (κ1) is 15.7. The van der Waals surface area contributed by atoms with E-state index in [1.165, 1.54) is 16.8 Å². The Hall–Kier alpha value is -2.17. The Morgan fingerprint density at radius 3 is 2.61 bits per heavy atom. The summed E-state index contributed by atoms with van der Waals surface area (Å²) >= 11 is 0. The highest BCUT2D eigenvalue weighted by molar-refractivity contribution is 5.73. The van der Waals surface area contributed by atoms with Gasteiger partial charge in [-0.25, -0.2) is 4.79 Å². The predicted octanol–water partition coefficient (Wildman–Crippen LogP) is 2.82. The van der Waals surface area contributed by atoms with Crippen molar-refractivity contribution in [2.45, 2.75) is 32.9 Å². The van der Waals surface area contributed by atoms with Gasteiger partial charge in [0.05, 0.1) is 0 Å². The monoisotopic (exact) mass is 315 g/mol. The number of hydrogen-bond donors (Lipinski definition) is 1. The molecule has 0 aliphatic carbocycles. The van der Waals surface area contributed by atoms with Crippen LogP contribution in [-0.4, -0.2) is 42.8 Å². The Kier molecular flexibility index (Phi) is 4.20. The minimum Gasteiger partial charge on any atom is -0.444 e. The Morgan fingerprint density at radius 1 is 1.17 bits per heavy atom. The number of nitrogens with one attached hydrogen (secondary N) is 1. The molecule has 0 spiro atoms. The van der Waals surface area contributed by atoms with Gasteiger partial charge in [-0.05, 0) is 44.7 Å². The maximum absolute atomic E-state index is 12.2. The molecule has 124 valence electrons. The molecule has 0 atom stereocenters. The maximum atomic E-state index is 12.2. The average Bonchev–Trinajstić information content (AvgIpc) is 2.53. The number of amides is 1. The minimum atomic E-state index is -0.440. The van der Waals surface area contributed by atoms with Crippen LogP contribution in [0.25, 0.3) is 6.08 Å². The Morgan fingerprint density at radius 2 is 1.91 bits per heavy atom. The van der Waals surface area contributed by atoms with Gasteiger partial charge in [-0.1, -0.05) is 12.1 Å². The molecule has 1 N–H and O–H groups in total. The van der Waals surface area contributed by atoms with Crippen LogP contribution in [-0.2, 0) is 11.3 Å². The zero-order valence-corrected chi connectivity index (χ0v) is 14.1. The highest BCUT2D eigenvalue weighted by Gasteiger charge is 2.26. The van der Waals surface area contributed by atoms with Crippen molar-refractivity contribution >= 4 is 17.9 Å². The maximum Gasteiger partial charge on any atom is 0.410 e. The fraction of sp³-hybridized carbons (Fsp3) is 0.500. The van der Waals surface area contributed by atoms with E-state index < -0.39 is 5.60 Å². The first-order valence-corrected chi connectivity index (χ1v) is 8.19. The largest absolute Gasteiger partial charge is 0.444 e. The van der Waals surface area contributed by atoms with Gasteiger partial charge in [-0.2, -0.15) is 0 Å². The topological polar surface area (TPSA) is 44.8 Å². The Labute approximate surface area is 137 Å². The molecule has 1 fully saturated rings. The lowest BCUT2D eigenvalue weighted by molar-refractivity contribution is 0.0240. The van der Waals surface area contributed by atoms with Crippen molar-refractivity contribution in [1.82, 2.24) is 10.2 Å². The van der Waals surface area contributed by atoms with Gasteiger partial charge in [0.2, 0.25) is 0 Å². The number of fused-ring (bicyclic) bond motifs is 1. The van der Waals surface area contributed by atoms with Crippen molar-refractivity contribution in [1.29, 1.82) is 0 Å². The van der Waals surface area contributed by atoms with Crippen molar-refractivity contribution in [2.75, 3.05) is 31.1 Å². The van der Waals surface area contributed by atoms with Crippen LogP contribution in [0, 0.1) is 0 Å². The minimum absolute atomic E-state index is 0.212. The molecule has 1 saturated heterocycles. The fourth-order valence-electron chi connectivity index (χ4n) is 2.99. The number of piperazine rings is 1. The highest BCUT2D eigenvalue weighted by Crippen LogP contribution is 2.28. The van der Waals surface area contributed by atoms with Gasteiger partial charge in [-0.15, -0.1) is 0 Å². The summed E-state index contributed by atoms with van der Waals surface area (Å²) in [6.07, 6.45) is 3.92. The predicted molar refractivity (Wildman–Crippen MR) is 92.3 cm³/mol. The number of ether oxygens (including phenoxy) is 1. The fourth-order valence-corrected chi connectivity index (χ4v) is 2.99. The van der Waals surface area contributed by atoms with Crippen LogP contribution >= 0.6 is 0 Å². The summed E-state index contributed by atoms with van der Waals surface area (Å²) in [5.41, 5.74) is 3.42. The number of anilines is 1. The first-order valence-electron chi connectivity index (χ1n) is 8.19. The van der Waals surface area contributed by atoms with E-state index in [-0.39, 0.29) is 6.09 Å². The number of hydrogen-bond acceptors (Lipinski definition) is 4. The van der Waals surface area contributed by atoms with Crippen LogP contribution < -0.4 is 10.2 Å². The lowest BCUT2D eigenvalue weighted by atomic mass is 10.0. The summed E-state index contributed by atoms with van der Waals surface area (Å²) in [4.78, 5) is 16.3. The second-order valence-corrected chi connectivity index (χ2v) is 7.02. The van der Waals surface area contributed by atoms with Crippen molar-refractivity contribution in [3.05, 3.63) is 35.5 Å². The standard InChI is InChI=1S/C18H25N3O2/c1-18(2,3)23-17(22)21-11-9-20(10-12-21)16-6-4-5-14-13-19-8-7-15(14)16/h4-8,19H,9-13H2,1-3H3. The lowest BCUT2D eigenvalue weighted by Crippen LogP contribution is -2.50. The molecule has 1 amide bonds. The molecule has 0 aromatic heterocycles. The third-order valence-electron chi connectivity index (χ3n) is 4.11. The van der Waals surface area contributed by atoms with Crippen LogP contribution in [0.2, 0.25) is 0 Å². The molecule has 5 nitrogen and oxygen atoms in total. The normalized spacial score (nSPS) is 17.5. The molecule has 2 aliphatic rings. The molecule has 0 unspecified atom stereocenters. The number of nitrogens with zero attached hydrogens (tertiary/aromatic N) is 2. The molecule has 5 heteroatoms. The van der Waals surface area contributed by atoms with E-state index in [0.29, 0.717) is 13.1 Å². The molecule has 1 aromatic carbocycles. The molecule has 0 bridgehead atoms. The molecule has 3 rings (SSSR count). The lowest BCUT2D eigenvalue weighted by Gasteiger charge is -2.37.